The van der Waals surface area contributed by atoms with E-state index < -0.39 is 0 Å². The minimum atomic E-state index is -0.276. The lowest BCUT2D eigenvalue weighted by Crippen LogP contribution is -2.04. The van der Waals surface area contributed by atoms with Crippen LogP contribution in [0.4, 0.5) is 10.1 Å². The fourth-order valence-corrected chi connectivity index (χ4v) is 2.59. The number of aliphatic hydroxyl groups is 1. The molecule has 0 aliphatic carbocycles. The molecule has 0 radical (unpaired) electrons. The number of benzene rings is 2. The van der Waals surface area contributed by atoms with Crippen molar-refractivity contribution in [1.29, 1.82) is 0 Å². The molecule has 0 fully saturated rings. The Kier molecular flexibility index (Phi) is 4.83. The first-order valence-electron chi connectivity index (χ1n) is 7.79. The van der Waals surface area contributed by atoms with E-state index in [1.165, 1.54) is 6.07 Å². The van der Waals surface area contributed by atoms with Gasteiger partial charge in [0.15, 0.2) is 0 Å². The number of nitrogens with one attached hydrogen (secondary N) is 1. The quantitative estimate of drug-likeness (QED) is 0.670. The van der Waals surface area contributed by atoms with E-state index in [0.717, 1.165) is 36.0 Å². The summed E-state index contributed by atoms with van der Waals surface area (Å²) in [7, 11) is 0. The molecule has 0 spiro atoms. The van der Waals surface area contributed by atoms with Gasteiger partial charge < -0.3 is 10.4 Å². The fraction of sp³-hybridized carbons (Fsp3) is 0.211. The molecule has 0 atom stereocenters. The normalized spacial score (nSPS) is 10.9. The number of aliphatic hydroxyl groups excluding tert-OH is 1. The summed E-state index contributed by atoms with van der Waals surface area (Å²) in [6.07, 6.45) is 1.64. The standard InChI is InChI=1S/C19H19FN2O/c20-16-9-3-1-7-14(16)19-13-18(21-11-5-6-12-23)15-8-2-4-10-17(15)22-19/h1-4,7-10,13,23H,5-6,11-12H2,(H,21,22). The predicted octanol–water partition coefficient (Wildman–Crippen LogP) is 4.23. The van der Waals surface area contributed by atoms with E-state index >= 15 is 0 Å². The van der Waals surface area contributed by atoms with Crippen molar-refractivity contribution in [3.63, 3.8) is 0 Å². The first kappa shape index (κ1) is 15.4. The van der Waals surface area contributed by atoms with Crippen molar-refractivity contribution >= 4 is 16.6 Å². The van der Waals surface area contributed by atoms with E-state index in [9.17, 15) is 4.39 Å². The highest BCUT2D eigenvalue weighted by Crippen LogP contribution is 2.29. The minimum Gasteiger partial charge on any atom is -0.396 e. The largest absolute Gasteiger partial charge is 0.396 e. The number of anilines is 1. The number of halogens is 1. The number of unbranched alkanes of at least 4 members (excludes halogenated alkanes) is 1. The summed E-state index contributed by atoms with van der Waals surface area (Å²) >= 11 is 0. The molecule has 0 unspecified atom stereocenters. The second kappa shape index (κ2) is 7.20. The molecule has 0 amide bonds. The molecule has 3 nitrogen and oxygen atoms in total. The van der Waals surface area contributed by atoms with Gasteiger partial charge in [0.1, 0.15) is 5.82 Å². The zero-order chi connectivity index (χ0) is 16.1. The zero-order valence-corrected chi connectivity index (χ0v) is 12.8. The Labute approximate surface area is 134 Å². The first-order chi connectivity index (χ1) is 11.3. The average molecular weight is 310 g/mol. The number of hydrogen-bond donors (Lipinski definition) is 2. The van der Waals surface area contributed by atoms with Crippen LogP contribution in [-0.2, 0) is 0 Å². The van der Waals surface area contributed by atoms with Gasteiger partial charge in [-0.2, -0.15) is 0 Å². The summed E-state index contributed by atoms with van der Waals surface area (Å²) in [6.45, 7) is 0.949. The van der Waals surface area contributed by atoms with Crippen LogP contribution in [0.15, 0.2) is 54.6 Å². The SMILES string of the molecule is OCCCCNc1cc(-c2ccccc2F)nc2ccccc12. The molecule has 0 saturated heterocycles. The van der Waals surface area contributed by atoms with Crippen molar-refractivity contribution < 1.29 is 9.50 Å². The second-order valence-electron chi connectivity index (χ2n) is 5.41. The number of rotatable bonds is 6. The topological polar surface area (TPSA) is 45.1 Å². The van der Waals surface area contributed by atoms with Gasteiger partial charge in [-0.05, 0) is 37.1 Å². The number of para-hydroxylation sites is 1. The molecular formula is C19H19FN2O. The van der Waals surface area contributed by atoms with Gasteiger partial charge in [-0.15, -0.1) is 0 Å². The molecule has 0 aliphatic rings. The maximum absolute atomic E-state index is 14.1. The number of aromatic nitrogens is 1. The van der Waals surface area contributed by atoms with Crippen LogP contribution in [0.1, 0.15) is 12.8 Å². The van der Waals surface area contributed by atoms with Gasteiger partial charge in [-0.3, -0.25) is 0 Å². The second-order valence-corrected chi connectivity index (χ2v) is 5.41. The van der Waals surface area contributed by atoms with Gasteiger partial charge in [-0.1, -0.05) is 30.3 Å². The third-order valence-corrected chi connectivity index (χ3v) is 3.77. The smallest absolute Gasteiger partial charge is 0.132 e. The Bertz CT molecular complexity index is 804. The fourth-order valence-electron chi connectivity index (χ4n) is 2.59. The van der Waals surface area contributed by atoms with Crippen LogP contribution >= 0.6 is 0 Å². The Morgan fingerprint density at radius 2 is 1.78 bits per heavy atom. The Morgan fingerprint density at radius 3 is 2.61 bits per heavy atom. The minimum absolute atomic E-state index is 0.194. The van der Waals surface area contributed by atoms with Crippen molar-refractivity contribution in [2.45, 2.75) is 12.8 Å². The van der Waals surface area contributed by atoms with Crippen molar-refractivity contribution in [3.8, 4) is 11.3 Å². The molecule has 118 valence electrons. The lowest BCUT2D eigenvalue weighted by molar-refractivity contribution is 0.286. The Balaban J connectivity index is 2.01. The van der Waals surface area contributed by atoms with E-state index in [2.05, 4.69) is 10.3 Å². The van der Waals surface area contributed by atoms with E-state index in [1.54, 1.807) is 12.1 Å². The molecule has 0 aliphatic heterocycles. The molecule has 3 aromatic rings. The predicted molar refractivity (Wildman–Crippen MR) is 91.9 cm³/mol. The van der Waals surface area contributed by atoms with Gasteiger partial charge in [0.05, 0.1) is 11.2 Å². The molecule has 2 N–H and O–H groups in total. The number of fused-ring (bicyclic) bond motifs is 1. The number of nitrogens with zero attached hydrogens (tertiary/aromatic N) is 1. The summed E-state index contributed by atoms with van der Waals surface area (Å²) in [4.78, 5) is 4.59. The van der Waals surface area contributed by atoms with Crippen LogP contribution in [0.25, 0.3) is 22.2 Å². The average Bonchev–Trinajstić information content (AvgIpc) is 2.59. The third-order valence-electron chi connectivity index (χ3n) is 3.77. The lowest BCUT2D eigenvalue weighted by Gasteiger charge is -2.12. The molecule has 2 aromatic carbocycles. The van der Waals surface area contributed by atoms with Crippen molar-refractivity contribution in [2.24, 2.45) is 0 Å². The molecule has 4 heteroatoms. The van der Waals surface area contributed by atoms with Crippen LogP contribution in [0.3, 0.4) is 0 Å². The van der Waals surface area contributed by atoms with Crippen LogP contribution in [-0.4, -0.2) is 23.2 Å². The molecule has 0 bridgehead atoms. The Morgan fingerprint density at radius 1 is 1.00 bits per heavy atom. The van der Waals surface area contributed by atoms with Crippen molar-refractivity contribution in [2.75, 3.05) is 18.5 Å². The van der Waals surface area contributed by atoms with E-state index in [4.69, 9.17) is 5.11 Å². The summed E-state index contributed by atoms with van der Waals surface area (Å²) in [5, 5.41) is 13.3. The number of pyridine rings is 1. The van der Waals surface area contributed by atoms with E-state index in [-0.39, 0.29) is 12.4 Å². The van der Waals surface area contributed by atoms with Gasteiger partial charge >= 0.3 is 0 Å². The van der Waals surface area contributed by atoms with E-state index in [1.807, 2.05) is 36.4 Å². The monoisotopic (exact) mass is 310 g/mol. The highest BCUT2D eigenvalue weighted by Gasteiger charge is 2.10. The van der Waals surface area contributed by atoms with Crippen molar-refractivity contribution in [3.05, 3.63) is 60.4 Å². The maximum atomic E-state index is 14.1. The summed E-state index contributed by atoms with van der Waals surface area (Å²) in [5.41, 5.74) is 2.88. The van der Waals surface area contributed by atoms with Gasteiger partial charge in [0, 0.05) is 29.8 Å². The molecule has 23 heavy (non-hydrogen) atoms. The highest BCUT2D eigenvalue weighted by molar-refractivity contribution is 5.93. The van der Waals surface area contributed by atoms with Gasteiger partial charge in [-0.25, -0.2) is 9.37 Å². The summed E-state index contributed by atoms with van der Waals surface area (Å²) in [6, 6.07) is 16.4. The number of hydrogen-bond acceptors (Lipinski definition) is 3. The van der Waals surface area contributed by atoms with Crippen LogP contribution in [0.2, 0.25) is 0 Å². The van der Waals surface area contributed by atoms with Gasteiger partial charge in [0.25, 0.3) is 0 Å². The summed E-state index contributed by atoms with van der Waals surface area (Å²) in [5.74, 6) is -0.276. The van der Waals surface area contributed by atoms with Gasteiger partial charge in [0.2, 0.25) is 0 Å². The molecule has 1 aromatic heterocycles. The third kappa shape index (κ3) is 3.48. The summed E-state index contributed by atoms with van der Waals surface area (Å²) < 4.78 is 14.1. The first-order valence-corrected chi connectivity index (χ1v) is 7.79. The van der Waals surface area contributed by atoms with Crippen LogP contribution < -0.4 is 5.32 Å². The zero-order valence-electron chi connectivity index (χ0n) is 12.8. The highest BCUT2D eigenvalue weighted by atomic mass is 19.1. The molecule has 3 rings (SSSR count). The van der Waals surface area contributed by atoms with Crippen molar-refractivity contribution in [1.82, 2.24) is 4.98 Å². The van der Waals surface area contributed by atoms with Crippen LogP contribution in [0, 0.1) is 5.82 Å². The van der Waals surface area contributed by atoms with Crippen LogP contribution in [0.5, 0.6) is 0 Å². The maximum Gasteiger partial charge on any atom is 0.132 e. The molecular weight excluding hydrogens is 291 g/mol. The Hall–Kier alpha value is -2.46. The lowest BCUT2D eigenvalue weighted by atomic mass is 10.1. The molecule has 1 heterocycles. The molecule has 0 saturated carbocycles. The van der Waals surface area contributed by atoms with E-state index in [0.29, 0.717) is 11.3 Å².